The molecule has 1 aliphatic rings. The molecule has 0 aromatic carbocycles. The first-order valence-corrected chi connectivity index (χ1v) is 9.09. The minimum absolute atomic E-state index is 0.115. The smallest absolute Gasteiger partial charge is 0.252 e. The number of thiophene rings is 1. The summed E-state index contributed by atoms with van der Waals surface area (Å²) >= 11 is 1.24. The van der Waals surface area contributed by atoms with Crippen LogP contribution in [0.25, 0.3) is 0 Å². The molecule has 0 spiro atoms. The Kier molecular flexibility index (Phi) is 5.17. The zero-order valence-electron chi connectivity index (χ0n) is 11.6. The number of nitrogens with one attached hydrogen (secondary N) is 1. The number of carbonyl (C=O) groups is 1. The molecule has 0 bridgehead atoms. The normalized spacial score (nSPS) is 17.6. The van der Waals surface area contributed by atoms with Crippen LogP contribution in [-0.2, 0) is 21.4 Å². The van der Waals surface area contributed by atoms with E-state index in [1.54, 1.807) is 16.4 Å². The van der Waals surface area contributed by atoms with Crippen molar-refractivity contribution in [2.45, 2.75) is 43.4 Å². The first-order chi connectivity index (χ1) is 9.50. The molecule has 1 fully saturated rings. The standard InChI is InChI=1S/C13H20N2O3S2/c1-11(16)14-10-12-6-7-13(19-12)20(17,18)15-8-4-2-3-5-9-15/h6-7H,2-5,8-10H2,1H3,(H,14,16). The van der Waals surface area contributed by atoms with E-state index in [0.29, 0.717) is 23.8 Å². The van der Waals surface area contributed by atoms with Gasteiger partial charge in [0.05, 0.1) is 6.54 Å². The van der Waals surface area contributed by atoms with Gasteiger partial charge in [0.1, 0.15) is 4.21 Å². The quantitative estimate of drug-likeness (QED) is 0.923. The summed E-state index contributed by atoms with van der Waals surface area (Å²) in [5.41, 5.74) is 0. The lowest BCUT2D eigenvalue weighted by molar-refractivity contribution is -0.119. The maximum Gasteiger partial charge on any atom is 0.252 e. The number of rotatable bonds is 4. The Bertz CT molecular complexity index is 558. The van der Waals surface area contributed by atoms with Gasteiger partial charge in [-0.1, -0.05) is 12.8 Å². The Hall–Kier alpha value is -0.920. The minimum atomic E-state index is -3.36. The highest BCUT2D eigenvalue weighted by Gasteiger charge is 2.26. The Balaban J connectivity index is 2.10. The fourth-order valence-corrected chi connectivity index (χ4v) is 5.18. The van der Waals surface area contributed by atoms with Crippen LogP contribution in [0.3, 0.4) is 0 Å². The lowest BCUT2D eigenvalue weighted by Crippen LogP contribution is -2.31. The molecule has 2 heterocycles. The predicted octanol–water partition coefficient (Wildman–Crippen LogP) is 1.95. The van der Waals surface area contributed by atoms with Gasteiger partial charge in [-0.05, 0) is 25.0 Å². The van der Waals surface area contributed by atoms with Gasteiger partial charge >= 0.3 is 0 Å². The maximum atomic E-state index is 12.5. The second-order valence-electron chi connectivity index (χ2n) is 4.95. The Morgan fingerprint density at radius 1 is 1.25 bits per heavy atom. The molecule has 0 aliphatic carbocycles. The van der Waals surface area contributed by atoms with E-state index in [1.165, 1.54) is 18.3 Å². The summed E-state index contributed by atoms with van der Waals surface area (Å²) in [7, 11) is -3.36. The zero-order valence-corrected chi connectivity index (χ0v) is 13.2. The van der Waals surface area contributed by atoms with Crippen LogP contribution in [0.4, 0.5) is 0 Å². The van der Waals surface area contributed by atoms with E-state index in [1.807, 2.05) is 0 Å². The third-order valence-electron chi connectivity index (χ3n) is 3.31. The highest BCUT2D eigenvalue weighted by Crippen LogP contribution is 2.26. The number of carbonyl (C=O) groups excluding carboxylic acids is 1. The number of hydrogen-bond acceptors (Lipinski definition) is 4. The van der Waals surface area contributed by atoms with Crippen LogP contribution in [0.15, 0.2) is 16.3 Å². The largest absolute Gasteiger partial charge is 0.351 e. The predicted molar refractivity (Wildman–Crippen MR) is 79.1 cm³/mol. The molecule has 5 nitrogen and oxygen atoms in total. The van der Waals surface area contributed by atoms with Gasteiger partial charge in [0, 0.05) is 24.9 Å². The highest BCUT2D eigenvalue weighted by molar-refractivity contribution is 7.91. The third kappa shape index (κ3) is 3.80. The fraction of sp³-hybridized carbons (Fsp3) is 0.615. The molecule has 0 atom stereocenters. The van der Waals surface area contributed by atoms with Crippen molar-refractivity contribution >= 4 is 27.3 Å². The molecule has 112 valence electrons. The van der Waals surface area contributed by atoms with Crippen molar-refractivity contribution in [2.24, 2.45) is 0 Å². The molecular formula is C13H20N2O3S2. The second-order valence-corrected chi connectivity index (χ2v) is 8.28. The van der Waals surface area contributed by atoms with Crippen LogP contribution in [0.1, 0.15) is 37.5 Å². The maximum absolute atomic E-state index is 12.5. The number of sulfonamides is 1. The Morgan fingerprint density at radius 3 is 2.50 bits per heavy atom. The van der Waals surface area contributed by atoms with E-state index >= 15 is 0 Å². The Labute approximate surface area is 124 Å². The van der Waals surface area contributed by atoms with Gasteiger partial charge in [0.15, 0.2) is 0 Å². The summed E-state index contributed by atoms with van der Waals surface area (Å²) in [6, 6.07) is 3.41. The van der Waals surface area contributed by atoms with Gasteiger partial charge in [-0.25, -0.2) is 8.42 Å². The first-order valence-electron chi connectivity index (χ1n) is 6.83. The van der Waals surface area contributed by atoms with Crippen LogP contribution in [-0.4, -0.2) is 31.7 Å². The lowest BCUT2D eigenvalue weighted by Gasteiger charge is -2.18. The number of nitrogens with zero attached hydrogens (tertiary/aromatic N) is 1. The van der Waals surface area contributed by atoms with Gasteiger partial charge in [0.25, 0.3) is 10.0 Å². The highest BCUT2D eigenvalue weighted by atomic mass is 32.2. The molecule has 20 heavy (non-hydrogen) atoms. The molecule has 1 amide bonds. The van der Waals surface area contributed by atoms with Crippen molar-refractivity contribution in [2.75, 3.05) is 13.1 Å². The summed E-state index contributed by atoms with van der Waals surface area (Å²) in [5, 5.41) is 2.68. The second kappa shape index (κ2) is 6.69. The van der Waals surface area contributed by atoms with E-state index in [0.717, 1.165) is 30.6 Å². The molecule has 0 radical (unpaired) electrons. The van der Waals surface area contributed by atoms with Crippen molar-refractivity contribution in [3.8, 4) is 0 Å². The van der Waals surface area contributed by atoms with E-state index in [-0.39, 0.29) is 5.91 Å². The summed E-state index contributed by atoms with van der Waals surface area (Å²) in [6.07, 6.45) is 4.07. The molecular weight excluding hydrogens is 296 g/mol. The van der Waals surface area contributed by atoms with Crippen LogP contribution >= 0.6 is 11.3 Å². The molecule has 2 rings (SSSR count). The number of amides is 1. The summed E-state index contributed by atoms with van der Waals surface area (Å²) in [5.74, 6) is -0.115. The molecule has 7 heteroatoms. The van der Waals surface area contributed by atoms with E-state index in [9.17, 15) is 13.2 Å². The van der Waals surface area contributed by atoms with Gasteiger partial charge in [-0.3, -0.25) is 4.79 Å². The average Bonchev–Trinajstić information content (AvgIpc) is 2.70. The molecule has 0 unspecified atom stereocenters. The summed E-state index contributed by atoms with van der Waals surface area (Å²) in [4.78, 5) is 11.7. The first kappa shape index (κ1) is 15.5. The van der Waals surface area contributed by atoms with E-state index < -0.39 is 10.0 Å². The third-order valence-corrected chi connectivity index (χ3v) is 6.76. The Morgan fingerprint density at radius 2 is 1.90 bits per heavy atom. The lowest BCUT2D eigenvalue weighted by atomic mass is 10.2. The van der Waals surface area contributed by atoms with E-state index in [4.69, 9.17) is 0 Å². The average molecular weight is 316 g/mol. The SMILES string of the molecule is CC(=O)NCc1ccc(S(=O)(=O)N2CCCCCC2)s1. The van der Waals surface area contributed by atoms with Crippen LogP contribution in [0.2, 0.25) is 0 Å². The monoisotopic (exact) mass is 316 g/mol. The fourth-order valence-electron chi connectivity index (χ4n) is 2.21. The van der Waals surface area contributed by atoms with Gasteiger partial charge in [-0.15, -0.1) is 11.3 Å². The molecule has 0 saturated carbocycles. The van der Waals surface area contributed by atoms with E-state index in [2.05, 4.69) is 5.32 Å². The van der Waals surface area contributed by atoms with Crippen LogP contribution < -0.4 is 5.32 Å². The van der Waals surface area contributed by atoms with Gasteiger partial charge in [-0.2, -0.15) is 4.31 Å². The molecule has 1 saturated heterocycles. The van der Waals surface area contributed by atoms with Crippen molar-refractivity contribution in [1.82, 2.24) is 9.62 Å². The molecule has 1 aromatic rings. The van der Waals surface area contributed by atoms with Crippen molar-refractivity contribution in [1.29, 1.82) is 0 Å². The zero-order chi connectivity index (χ0) is 14.6. The van der Waals surface area contributed by atoms with Crippen LogP contribution in [0, 0.1) is 0 Å². The minimum Gasteiger partial charge on any atom is -0.351 e. The van der Waals surface area contributed by atoms with Gasteiger partial charge in [0.2, 0.25) is 5.91 Å². The topological polar surface area (TPSA) is 66.5 Å². The number of hydrogen-bond donors (Lipinski definition) is 1. The molecule has 1 aromatic heterocycles. The molecule has 1 N–H and O–H groups in total. The summed E-state index contributed by atoms with van der Waals surface area (Å²) in [6.45, 7) is 3.06. The van der Waals surface area contributed by atoms with Crippen LogP contribution in [0.5, 0.6) is 0 Å². The van der Waals surface area contributed by atoms with Crippen molar-refractivity contribution < 1.29 is 13.2 Å². The van der Waals surface area contributed by atoms with Gasteiger partial charge < -0.3 is 5.32 Å². The van der Waals surface area contributed by atoms with Crippen molar-refractivity contribution in [3.63, 3.8) is 0 Å². The summed E-state index contributed by atoms with van der Waals surface area (Å²) < 4.78 is 27.0. The molecule has 1 aliphatic heterocycles. The van der Waals surface area contributed by atoms with Crippen molar-refractivity contribution in [3.05, 3.63) is 17.0 Å².